The Morgan fingerprint density at radius 1 is 1.22 bits per heavy atom. The molecule has 0 heterocycles. The molecule has 0 atom stereocenters. The lowest BCUT2D eigenvalue weighted by Gasteiger charge is -2.15. The normalized spacial score (nSPS) is 16.4. The van der Waals surface area contributed by atoms with Crippen molar-refractivity contribution in [3.05, 3.63) is 23.3 Å². The summed E-state index contributed by atoms with van der Waals surface area (Å²) in [4.78, 5) is 0. The van der Waals surface area contributed by atoms with E-state index in [1.807, 2.05) is 12.1 Å². The number of aryl methyl sites for hydroxylation is 1. The van der Waals surface area contributed by atoms with Crippen molar-refractivity contribution in [2.75, 3.05) is 20.8 Å². The molecule has 0 amide bonds. The molecular weight excluding hydrogens is 228 g/mol. The Balaban J connectivity index is 2.02. The molecule has 1 aliphatic rings. The largest absolute Gasteiger partial charge is 0.493 e. The molecule has 1 saturated carbocycles. The fourth-order valence-electron chi connectivity index (χ4n) is 2.00. The third kappa shape index (κ3) is 2.94. The van der Waals surface area contributed by atoms with E-state index in [2.05, 4.69) is 12.2 Å². The average Bonchev–Trinajstić information content (AvgIpc) is 3.09. The van der Waals surface area contributed by atoms with Gasteiger partial charge in [-0.2, -0.15) is 0 Å². The minimum atomic E-state index is 0.0461. The van der Waals surface area contributed by atoms with E-state index in [1.54, 1.807) is 14.2 Å². The van der Waals surface area contributed by atoms with Crippen molar-refractivity contribution in [1.29, 1.82) is 0 Å². The number of benzene rings is 1. The van der Waals surface area contributed by atoms with Crippen molar-refractivity contribution in [3.63, 3.8) is 0 Å². The van der Waals surface area contributed by atoms with E-state index in [0.717, 1.165) is 37.4 Å². The number of ether oxygens (including phenoxy) is 2. The summed E-state index contributed by atoms with van der Waals surface area (Å²) in [7, 11) is 3.31. The van der Waals surface area contributed by atoms with Crippen molar-refractivity contribution in [3.8, 4) is 11.5 Å². The molecule has 0 aromatic heterocycles. The summed E-state index contributed by atoms with van der Waals surface area (Å²) in [6.07, 6.45) is 2.26. The maximum Gasteiger partial charge on any atom is 0.161 e. The van der Waals surface area contributed by atoms with Gasteiger partial charge in [-0.3, -0.25) is 0 Å². The first-order valence-corrected chi connectivity index (χ1v) is 6.29. The predicted molar refractivity (Wildman–Crippen MR) is 72.1 cm³/mol. The Kier molecular flexibility index (Phi) is 3.78. The molecule has 0 spiro atoms. The van der Waals surface area contributed by atoms with Crippen LogP contribution in [0.4, 0.5) is 0 Å². The van der Waals surface area contributed by atoms with Gasteiger partial charge < -0.3 is 20.5 Å². The molecule has 1 fully saturated rings. The standard InChI is InChI=1S/C14H22N2O2/c1-10-6-12(17-2)13(18-3)7-11(10)8-16-9-14(15)4-5-14/h6-7,16H,4-5,8-9,15H2,1-3H3. The van der Waals surface area contributed by atoms with Gasteiger partial charge in [0.05, 0.1) is 14.2 Å². The fourth-order valence-corrected chi connectivity index (χ4v) is 2.00. The van der Waals surface area contributed by atoms with E-state index < -0.39 is 0 Å². The first-order valence-electron chi connectivity index (χ1n) is 6.29. The SMILES string of the molecule is COc1cc(C)c(CNCC2(N)CC2)cc1OC. The van der Waals surface area contributed by atoms with Crippen LogP contribution in [0.1, 0.15) is 24.0 Å². The van der Waals surface area contributed by atoms with Crippen molar-refractivity contribution in [2.45, 2.75) is 31.8 Å². The average molecular weight is 250 g/mol. The summed E-state index contributed by atoms with van der Waals surface area (Å²) < 4.78 is 10.6. The number of rotatable bonds is 6. The van der Waals surface area contributed by atoms with E-state index >= 15 is 0 Å². The van der Waals surface area contributed by atoms with Crippen LogP contribution >= 0.6 is 0 Å². The second-order valence-corrected chi connectivity index (χ2v) is 5.10. The van der Waals surface area contributed by atoms with E-state index in [0.29, 0.717) is 0 Å². The lowest BCUT2D eigenvalue weighted by molar-refractivity contribution is 0.354. The van der Waals surface area contributed by atoms with Gasteiger partial charge >= 0.3 is 0 Å². The van der Waals surface area contributed by atoms with Gasteiger partial charge in [-0.15, -0.1) is 0 Å². The molecule has 1 aromatic carbocycles. The van der Waals surface area contributed by atoms with Crippen LogP contribution in [-0.2, 0) is 6.54 Å². The molecule has 18 heavy (non-hydrogen) atoms. The molecule has 1 aromatic rings. The summed E-state index contributed by atoms with van der Waals surface area (Å²) in [5.41, 5.74) is 8.51. The third-order valence-electron chi connectivity index (χ3n) is 3.53. The molecule has 2 rings (SSSR count). The number of nitrogens with two attached hydrogens (primary N) is 1. The summed E-state index contributed by atoms with van der Waals surface area (Å²) in [6, 6.07) is 4.03. The topological polar surface area (TPSA) is 56.5 Å². The maximum atomic E-state index is 6.04. The van der Waals surface area contributed by atoms with Gasteiger partial charge in [-0.05, 0) is 43.0 Å². The minimum Gasteiger partial charge on any atom is -0.493 e. The van der Waals surface area contributed by atoms with E-state index in [1.165, 1.54) is 11.1 Å². The summed E-state index contributed by atoms with van der Waals surface area (Å²) in [5, 5.41) is 3.41. The lowest BCUT2D eigenvalue weighted by atomic mass is 10.1. The summed E-state index contributed by atoms with van der Waals surface area (Å²) in [5.74, 6) is 1.55. The minimum absolute atomic E-state index is 0.0461. The van der Waals surface area contributed by atoms with Gasteiger partial charge in [0, 0.05) is 18.6 Å². The highest BCUT2D eigenvalue weighted by Crippen LogP contribution is 2.32. The Morgan fingerprint density at radius 3 is 2.39 bits per heavy atom. The zero-order chi connectivity index (χ0) is 13.2. The highest BCUT2D eigenvalue weighted by Gasteiger charge is 2.37. The highest BCUT2D eigenvalue weighted by atomic mass is 16.5. The van der Waals surface area contributed by atoms with Crippen molar-refractivity contribution in [1.82, 2.24) is 5.32 Å². The van der Waals surface area contributed by atoms with Crippen LogP contribution in [0.2, 0.25) is 0 Å². The number of methoxy groups -OCH3 is 2. The molecule has 0 aliphatic heterocycles. The van der Waals surface area contributed by atoms with Gasteiger partial charge in [-0.1, -0.05) is 0 Å². The van der Waals surface area contributed by atoms with Crippen LogP contribution in [0.3, 0.4) is 0 Å². The fraction of sp³-hybridized carbons (Fsp3) is 0.571. The zero-order valence-corrected chi connectivity index (χ0v) is 11.4. The predicted octanol–water partition coefficient (Wildman–Crippen LogP) is 1.59. The number of hydrogen-bond acceptors (Lipinski definition) is 4. The smallest absolute Gasteiger partial charge is 0.161 e. The Hall–Kier alpha value is -1.26. The van der Waals surface area contributed by atoms with Crippen molar-refractivity contribution < 1.29 is 9.47 Å². The number of nitrogens with one attached hydrogen (secondary N) is 1. The molecule has 0 saturated heterocycles. The molecule has 0 bridgehead atoms. The summed E-state index contributed by atoms with van der Waals surface area (Å²) in [6.45, 7) is 3.76. The Morgan fingerprint density at radius 2 is 1.83 bits per heavy atom. The molecule has 0 unspecified atom stereocenters. The quantitative estimate of drug-likeness (QED) is 0.805. The zero-order valence-electron chi connectivity index (χ0n) is 11.4. The van der Waals surface area contributed by atoms with Gasteiger partial charge in [0.1, 0.15) is 0 Å². The van der Waals surface area contributed by atoms with Gasteiger partial charge in [0.15, 0.2) is 11.5 Å². The maximum absolute atomic E-state index is 6.04. The first-order chi connectivity index (χ1) is 8.58. The molecule has 100 valence electrons. The Bertz CT molecular complexity index is 428. The van der Waals surface area contributed by atoms with E-state index in [9.17, 15) is 0 Å². The third-order valence-corrected chi connectivity index (χ3v) is 3.53. The molecule has 4 nitrogen and oxygen atoms in total. The monoisotopic (exact) mass is 250 g/mol. The van der Waals surface area contributed by atoms with Crippen LogP contribution in [0.5, 0.6) is 11.5 Å². The van der Waals surface area contributed by atoms with Crippen molar-refractivity contribution >= 4 is 0 Å². The molecule has 0 radical (unpaired) electrons. The van der Waals surface area contributed by atoms with Crippen LogP contribution in [0.25, 0.3) is 0 Å². The highest BCUT2D eigenvalue weighted by molar-refractivity contribution is 5.47. The van der Waals surface area contributed by atoms with Crippen LogP contribution in [0.15, 0.2) is 12.1 Å². The second kappa shape index (κ2) is 5.16. The molecule has 4 heteroatoms. The van der Waals surface area contributed by atoms with E-state index in [4.69, 9.17) is 15.2 Å². The van der Waals surface area contributed by atoms with Gasteiger partial charge in [0.2, 0.25) is 0 Å². The summed E-state index contributed by atoms with van der Waals surface area (Å²) >= 11 is 0. The van der Waals surface area contributed by atoms with Crippen LogP contribution in [-0.4, -0.2) is 26.3 Å². The number of hydrogen-bond donors (Lipinski definition) is 2. The van der Waals surface area contributed by atoms with E-state index in [-0.39, 0.29) is 5.54 Å². The van der Waals surface area contributed by atoms with Gasteiger partial charge in [-0.25, -0.2) is 0 Å². The molecule has 3 N–H and O–H groups in total. The first kappa shape index (κ1) is 13.2. The molecule has 1 aliphatic carbocycles. The second-order valence-electron chi connectivity index (χ2n) is 5.10. The molecular formula is C14H22N2O2. The van der Waals surface area contributed by atoms with Crippen LogP contribution in [0, 0.1) is 6.92 Å². The van der Waals surface area contributed by atoms with Crippen molar-refractivity contribution in [2.24, 2.45) is 5.73 Å². The van der Waals surface area contributed by atoms with Gasteiger partial charge in [0.25, 0.3) is 0 Å². The van der Waals surface area contributed by atoms with Crippen LogP contribution < -0.4 is 20.5 Å². The lowest BCUT2D eigenvalue weighted by Crippen LogP contribution is -2.35. The Labute approximate surface area is 108 Å².